The Bertz CT molecular complexity index is 528. The number of amides is 1. The summed E-state index contributed by atoms with van der Waals surface area (Å²) in [6.07, 6.45) is 5.50. The van der Waals surface area contributed by atoms with Gasteiger partial charge in [0.25, 0.3) is 5.91 Å². The number of anilines is 2. The van der Waals surface area contributed by atoms with Crippen LogP contribution in [0.3, 0.4) is 0 Å². The lowest BCUT2D eigenvalue weighted by Crippen LogP contribution is -2.31. The first-order chi connectivity index (χ1) is 9.56. The van der Waals surface area contributed by atoms with Gasteiger partial charge in [0.15, 0.2) is 0 Å². The van der Waals surface area contributed by atoms with Crippen molar-refractivity contribution < 1.29 is 4.79 Å². The topological polar surface area (TPSA) is 72.3 Å². The van der Waals surface area contributed by atoms with Gasteiger partial charge in [0.2, 0.25) is 0 Å². The number of fused-ring (bicyclic) bond motifs is 2. The summed E-state index contributed by atoms with van der Waals surface area (Å²) >= 11 is 0. The zero-order chi connectivity index (χ0) is 14.3. The van der Waals surface area contributed by atoms with Crippen molar-refractivity contribution in [2.24, 2.45) is 23.5 Å². The molecule has 3 atom stereocenters. The molecule has 4 heteroatoms. The second kappa shape index (κ2) is 5.00. The minimum atomic E-state index is -0.410. The van der Waals surface area contributed by atoms with Crippen LogP contribution in [0.15, 0.2) is 18.2 Å². The summed E-state index contributed by atoms with van der Waals surface area (Å²) < 4.78 is 0. The van der Waals surface area contributed by atoms with E-state index in [1.54, 1.807) is 12.1 Å². The summed E-state index contributed by atoms with van der Waals surface area (Å²) in [4.78, 5) is 13.7. The minimum Gasteiger partial charge on any atom is -0.397 e. The third kappa shape index (κ3) is 2.23. The molecule has 20 heavy (non-hydrogen) atoms. The third-order valence-corrected chi connectivity index (χ3v) is 5.11. The van der Waals surface area contributed by atoms with E-state index in [1.807, 2.05) is 13.1 Å². The van der Waals surface area contributed by atoms with E-state index in [1.165, 1.54) is 25.7 Å². The Morgan fingerprint density at radius 2 is 2.15 bits per heavy atom. The summed E-state index contributed by atoms with van der Waals surface area (Å²) in [5.74, 6) is 2.12. The average molecular weight is 273 g/mol. The molecule has 3 rings (SSSR count). The standard InChI is InChI=1S/C16H23N3O/c1-19(9-12-8-10-5-6-11(12)7-10)15-13(16(18)20)3-2-4-14(15)17/h2-4,10-12H,5-9,17H2,1H3,(H2,18,20). The van der Waals surface area contributed by atoms with Crippen LogP contribution in [0, 0.1) is 17.8 Å². The van der Waals surface area contributed by atoms with E-state index in [-0.39, 0.29) is 0 Å². The van der Waals surface area contributed by atoms with Gasteiger partial charge in [-0.1, -0.05) is 12.5 Å². The highest BCUT2D eigenvalue weighted by Crippen LogP contribution is 2.48. The van der Waals surface area contributed by atoms with Gasteiger partial charge >= 0.3 is 0 Å². The van der Waals surface area contributed by atoms with Gasteiger partial charge in [-0.05, 0) is 49.1 Å². The Morgan fingerprint density at radius 1 is 1.35 bits per heavy atom. The first kappa shape index (κ1) is 13.3. The van der Waals surface area contributed by atoms with Crippen molar-refractivity contribution in [2.75, 3.05) is 24.2 Å². The number of hydrogen-bond donors (Lipinski definition) is 2. The van der Waals surface area contributed by atoms with Crippen molar-refractivity contribution in [1.29, 1.82) is 0 Å². The summed E-state index contributed by atoms with van der Waals surface area (Å²) in [7, 11) is 2.02. The second-order valence-electron chi connectivity index (χ2n) is 6.42. The zero-order valence-electron chi connectivity index (χ0n) is 12.0. The van der Waals surface area contributed by atoms with Gasteiger partial charge in [-0.15, -0.1) is 0 Å². The van der Waals surface area contributed by atoms with Gasteiger partial charge in [-0.2, -0.15) is 0 Å². The fourth-order valence-corrected chi connectivity index (χ4v) is 4.23. The van der Waals surface area contributed by atoms with Gasteiger partial charge in [-0.25, -0.2) is 0 Å². The Labute approximate surface area is 120 Å². The molecule has 2 aliphatic carbocycles. The van der Waals surface area contributed by atoms with Crippen LogP contribution in [-0.2, 0) is 0 Å². The van der Waals surface area contributed by atoms with Crippen LogP contribution in [0.4, 0.5) is 11.4 Å². The molecule has 1 aromatic carbocycles. The molecule has 0 spiro atoms. The highest BCUT2D eigenvalue weighted by atomic mass is 16.1. The van der Waals surface area contributed by atoms with Crippen LogP contribution in [0.25, 0.3) is 0 Å². The largest absolute Gasteiger partial charge is 0.397 e. The lowest BCUT2D eigenvalue weighted by Gasteiger charge is -2.30. The van der Waals surface area contributed by atoms with Crippen molar-refractivity contribution >= 4 is 17.3 Å². The van der Waals surface area contributed by atoms with Crippen LogP contribution in [0.5, 0.6) is 0 Å². The summed E-state index contributed by atoms with van der Waals surface area (Å²) in [5, 5.41) is 0. The highest BCUT2D eigenvalue weighted by Gasteiger charge is 2.39. The summed E-state index contributed by atoms with van der Waals surface area (Å²) in [6, 6.07) is 5.37. The number of hydrogen-bond acceptors (Lipinski definition) is 3. The maximum absolute atomic E-state index is 11.6. The fourth-order valence-electron chi connectivity index (χ4n) is 4.23. The summed E-state index contributed by atoms with van der Waals surface area (Å²) in [5.41, 5.74) is 13.5. The molecule has 1 aromatic rings. The molecule has 2 fully saturated rings. The molecule has 0 aromatic heterocycles. The summed E-state index contributed by atoms with van der Waals surface area (Å²) in [6.45, 7) is 0.968. The predicted octanol–water partition coefficient (Wildman–Crippen LogP) is 2.24. The molecule has 0 radical (unpaired) electrons. The maximum Gasteiger partial charge on any atom is 0.250 e. The van der Waals surface area contributed by atoms with Gasteiger partial charge < -0.3 is 16.4 Å². The lowest BCUT2D eigenvalue weighted by atomic mass is 9.88. The molecule has 2 aliphatic rings. The maximum atomic E-state index is 11.6. The molecule has 0 heterocycles. The highest BCUT2D eigenvalue weighted by molar-refractivity contribution is 6.01. The number of nitrogen functional groups attached to an aromatic ring is 1. The molecule has 3 unspecified atom stereocenters. The molecule has 4 N–H and O–H groups in total. The van der Waals surface area contributed by atoms with Crippen molar-refractivity contribution in [3.63, 3.8) is 0 Å². The normalized spacial score (nSPS) is 27.8. The van der Waals surface area contributed by atoms with Crippen LogP contribution in [-0.4, -0.2) is 19.5 Å². The second-order valence-corrected chi connectivity index (χ2v) is 6.42. The zero-order valence-corrected chi connectivity index (χ0v) is 12.0. The van der Waals surface area contributed by atoms with Crippen molar-refractivity contribution in [1.82, 2.24) is 0 Å². The van der Waals surface area contributed by atoms with Crippen molar-refractivity contribution in [3.8, 4) is 0 Å². The number of para-hydroxylation sites is 1. The van der Waals surface area contributed by atoms with Gasteiger partial charge in [0.1, 0.15) is 0 Å². The van der Waals surface area contributed by atoms with Gasteiger partial charge in [0.05, 0.1) is 16.9 Å². The van der Waals surface area contributed by atoms with Crippen molar-refractivity contribution in [2.45, 2.75) is 25.7 Å². The van der Waals surface area contributed by atoms with Crippen molar-refractivity contribution in [3.05, 3.63) is 23.8 Å². The number of carbonyl (C=O) groups is 1. The Morgan fingerprint density at radius 3 is 2.75 bits per heavy atom. The average Bonchev–Trinajstić information content (AvgIpc) is 3.00. The molecule has 4 nitrogen and oxygen atoms in total. The minimum absolute atomic E-state index is 0.410. The number of carbonyl (C=O) groups excluding carboxylic acids is 1. The molecular weight excluding hydrogens is 250 g/mol. The third-order valence-electron chi connectivity index (χ3n) is 5.11. The van der Waals surface area contributed by atoms with E-state index in [9.17, 15) is 4.79 Å². The van der Waals surface area contributed by atoms with E-state index in [0.717, 1.165) is 30.0 Å². The number of rotatable bonds is 4. The van der Waals surface area contributed by atoms with Gasteiger partial charge in [0, 0.05) is 13.6 Å². The first-order valence-electron chi connectivity index (χ1n) is 7.45. The van der Waals surface area contributed by atoms with Crippen LogP contribution in [0.1, 0.15) is 36.0 Å². The molecule has 0 aliphatic heterocycles. The predicted molar refractivity (Wildman–Crippen MR) is 81.6 cm³/mol. The van der Waals surface area contributed by atoms with Crippen LogP contribution < -0.4 is 16.4 Å². The smallest absolute Gasteiger partial charge is 0.250 e. The number of nitrogens with zero attached hydrogens (tertiary/aromatic N) is 1. The quantitative estimate of drug-likeness (QED) is 0.826. The van der Waals surface area contributed by atoms with E-state index in [2.05, 4.69) is 4.90 Å². The number of nitrogens with two attached hydrogens (primary N) is 2. The number of primary amides is 1. The molecule has 2 saturated carbocycles. The molecule has 0 saturated heterocycles. The monoisotopic (exact) mass is 273 g/mol. The molecule has 2 bridgehead atoms. The van der Waals surface area contributed by atoms with E-state index >= 15 is 0 Å². The molecular formula is C16H23N3O. The first-order valence-corrected chi connectivity index (χ1v) is 7.45. The Hall–Kier alpha value is -1.71. The van der Waals surface area contributed by atoms with Crippen LogP contribution in [0.2, 0.25) is 0 Å². The number of benzene rings is 1. The Kier molecular flexibility index (Phi) is 3.32. The van der Waals surface area contributed by atoms with Gasteiger partial charge in [-0.3, -0.25) is 4.79 Å². The van der Waals surface area contributed by atoms with Crippen LogP contribution >= 0.6 is 0 Å². The fraction of sp³-hybridized carbons (Fsp3) is 0.562. The molecule has 108 valence electrons. The SMILES string of the molecule is CN(CC1CC2CCC1C2)c1c(N)cccc1C(N)=O. The van der Waals surface area contributed by atoms with E-state index in [4.69, 9.17) is 11.5 Å². The molecule has 1 amide bonds. The Balaban J connectivity index is 1.80. The van der Waals surface area contributed by atoms with E-state index < -0.39 is 5.91 Å². The lowest BCUT2D eigenvalue weighted by molar-refractivity contribution is 0.100. The van der Waals surface area contributed by atoms with E-state index in [0.29, 0.717) is 11.3 Å².